The van der Waals surface area contributed by atoms with E-state index in [4.69, 9.17) is 9.97 Å². The predicted octanol–water partition coefficient (Wildman–Crippen LogP) is 6.16. The van der Waals surface area contributed by atoms with E-state index < -0.39 is 0 Å². The molecule has 8 rings (SSSR count). The van der Waals surface area contributed by atoms with E-state index in [-0.39, 0.29) is 0 Å². The highest BCUT2D eigenvalue weighted by Gasteiger charge is 2.14. The number of imidazole rings is 4. The van der Waals surface area contributed by atoms with Crippen molar-refractivity contribution in [1.29, 1.82) is 0 Å². The lowest BCUT2D eigenvalue weighted by Crippen LogP contribution is -2.21. The highest BCUT2D eigenvalue weighted by Crippen LogP contribution is 2.19. The van der Waals surface area contributed by atoms with Crippen molar-refractivity contribution < 1.29 is 0 Å². The number of hydrogen-bond donors (Lipinski definition) is 2. The normalized spacial score (nSPS) is 11.8. The van der Waals surface area contributed by atoms with Crippen LogP contribution in [0.5, 0.6) is 0 Å². The third kappa shape index (κ3) is 6.13. The zero-order chi connectivity index (χ0) is 31.6. The van der Waals surface area contributed by atoms with E-state index in [2.05, 4.69) is 103 Å². The molecule has 0 unspecified atom stereocenters. The van der Waals surface area contributed by atoms with Gasteiger partial charge in [0.2, 0.25) is 0 Å². The fourth-order valence-electron chi connectivity index (χ4n) is 5.94. The second-order valence-electron chi connectivity index (χ2n) is 11.9. The van der Waals surface area contributed by atoms with E-state index in [0.717, 1.165) is 82.6 Å². The average Bonchev–Trinajstić information content (AvgIpc) is 3.81. The third-order valence-corrected chi connectivity index (χ3v) is 8.30. The standard InChI is InChI=1S/C19H21N5.C17H17N5/c1-22(12-18-20-14-8-4-6-10-16(14)23(18)2)13-19-21-15-9-5-7-11-17(15)24(19)3;1-22(10-16-18-12-6-2-3-7-13(12)19-16)11-17-20-14-8-4-5-9-15(14)21-17/h4-11H,12-13H2,1-3H3;2-9H,10-11H2,1H3,(H,18,19)(H,20,21). The first-order valence-corrected chi connectivity index (χ1v) is 15.5. The molecule has 0 fully saturated rings. The summed E-state index contributed by atoms with van der Waals surface area (Å²) in [7, 11) is 8.33. The zero-order valence-electron chi connectivity index (χ0n) is 26.6. The Bertz CT molecular complexity index is 2030. The Balaban J connectivity index is 0.000000147. The maximum atomic E-state index is 4.75. The summed E-state index contributed by atoms with van der Waals surface area (Å²) in [5.74, 6) is 4.08. The summed E-state index contributed by atoms with van der Waals surface area (Å²) in [6.07, 6.45) is 0. The number of aryl methyl sites for hydroxylation is 2. The van der Waals surface area contributed by atoms with E-state index >= 15 is 0 Å². The van der Waals surface area contributed by atoms with E-state index in [1.807, 2.05) is 60.7 Å². The predicted molar refractivity (Wildman–Crippen MR) is 184 cm³/mol. The summed E-state index contributed by atoms with van der Waals surface area (Å²) in [6.45, 7) is 3.08. The maximum Gasteiger partial charge on any atom is 0.123 e. The Morgan fingerprint density at radius 2 is 0.848 bits per heavy atom. The van der Waals surface area contributed by atoms with E-state index in [9.17, 15) is 0 Å². The molecule has 4 aromatic heterocycles. The fraction of sp³-hybridized carbons (Fsp3) is 0.222. The van der Waals surface area contributed by atoms with Crippen LogP contribution in [0.25, 0.3) is 44.1 Å². The molecule has 0 aliphatic rings. The molecule has 0 spiro atoms. The minimum absolute atomic E-state index is 0.756. The van der Waals surface area contributed by atoms with Gasteiger partial charge in [-0.15, -0.1) is 0 Å². The number of H-pyrrole nitrogens is 2. The first-order valence-electron chi connectivity index (χ1n) is 15.5. The second kappa shape index (κ2) is 12.6. The molecule has 8 aromatic rings. The summed E-state index contributed by atoms with van der Waals surface area (Å²) in [5, 5.41) is 0. The number of nitrogens with one attached hydrogen (secondary N) is 2. The average molecular weight is 611 g/mol. The van der Waals surface area contributed by atoms with Crippen molar-refractivity contribution in [2.45, 2.75) is 26.2 Å². The van der Waals surface area contributed by atoms with Gasteiger partial charge in [-0.3, -0.25) is 9.80 Å². The summed E-state index contributed by atoms with van der Waals surface area (Å²) >= 11 is 0. The number of fused-ring (bicyclic) bond motifs is 4. The molecule has 4 heterocycles. The molecule has 0 saturated carbocycles. The lowest BCUT2D eigenvalue weighted by Gasteiger charge is -2.16. The Labute approximate surface area is 267 Å². The number of rotatable bonds is 8. The topological polar surface area (TPSA) is 99.5 Å². The van der Waals surface area contributed by atoms with Crippen LogP contribution in [0.3, 0.4) is 0 Å². The van der Waals surface area contributed by atoms with E-state index in [1.54, 1.807) is 0 Å². The number of nitrogens with zero attached hydrogens (tertiary/aromatic N) is 8. The van der Waals surface area contributed by atoms with Crippen LogP contribution >= 0.6 is 0 Å². The van der Waals surface area contributed by atoms with Gasteiger partial charge >= 0.3 is 0 Å². The van der Waals surface area contributed by atoms with Crippen LogP contribution in [0.4, 0.5) is 0 Å². The van der Waals surface area contributed by atoms with Crippen LogP contribution in [0.15, 0.2) is 97.1 Å². The van der Waals surface area contributed by atoms with Gasteiger partial charge in [-0.25, -0.2) is 19.9 Å². The minimum Gasteiger partial charge on any atom is -0.341 e. The highest BCUT2D eigenvalue weighted by molar-refractivity contribution is 5.77. The van der Waals surface area contributed by atoms with E-state index in [0.29, 0.717) is 0 Å². The third-order valence-electron chi connectivity index (χ3n) is 8.30. The first kappa shape index (κ1) is 29.4. The Kier molecular flexibility index (Phi) is 8.04. The van der Waals surface area contributed by atoms with Gasteiger partial charge in [-0.1, -0.05) is 48.5 Å². The lowest BCUT2D eigenvalue weighted by molar-refractivity contribution is 0.297. The second-order valence-corrected chi connectivity index (χ2v) is 11.9. The van der Waals surface area contributed by atoms with Crippen molar-refractivity contribution in [3.8, 4) is 0 Å². The fourth-order valence-corrected chi connectivity index (χ4v) is 5.94. The van der Waals surface area contributed by atoms with Gasteiger partial charge in [0, 0.05) is 14.1 Å². The van der Waals surface area contributed by atoms with Crippen molar-refractivity contribution in [2.24, 2.45) is 14.1 Å². The Morgan fingerprint density at radius 1 is 0.478 bits per heavy atom. The van der Waals surface area contributed by atoms with Crippen LogP contribution < -0.4 is 0 Å². The SMILES string of the molecule is CN(Cc1nc2ccccc2[nH]1)Cc1nc2ccccc2[nH]1.CN(Cc1nc2ccccc2n1C)Cc1nc2ccccc2n1C. The van der Waals surface area contributed by atoms with Crippen LogP contribution in [-0.2, 0) is 40.3 Å². The minimum atomic E-state index is 0.756. The monoisotopic (exact) mass is 610 g/mol. The molecule has 46 heavy (non-hydrogen) atoms. The molecule has 0 bridgehead atoms. The van der Waals surface area contributed by atoms with Crippen molar-refractivity contribution in [3.05, 3.63) is 120 Å². The van der Waals surface area contributed by atoms with Gasteiger partial charge < -0.3 is 19.1 Å². The highest BCUT2D eigenvalue weighted by atomic mass is 15.2. The number of aromatic amines is 2. The van der Waals surface area contributed by atoms with Gasteiger partial charge in [-0.2, -0.15) is 0 Å². The number of para-hydroxylation sites is 8. The summed E-state index contributed by atoms with van der Waals surface area (Å²) in [4.78, 5) is 29.9. The van der Waals surface area contributed by atoms with Crippen LogP contribution in [0.1, 0.15) is 23.3 Å². The smallest absolute Gasteiger partial charge is 0.123 e. The first-order chi connectivity index (χ1) is 22.4. The van der Waals surface area contributed by atoms with Crippen LogP contribution in [0, 0.1) is 0 Å². The zero-order valence-corrected chi connectivity index (χ0v) is 26.6. The van der Waals surface area contributed by atoms with Crippen molar-refractivity contribution in [2.75, 3.05) is 14.1 Å². The molecule has 0 aliphatic heterocycles. The van der Waals surface area contributed by atoms with Crippen molar-refractivity contribution in [1.82, 2.24) is 48.8 Å². The molecule has 0 saturated heterocycles. The summed E-state index contributed by atoms with van der Waals surface area (Å²) in [6, 6.07) is 32.7. The summed E-state index contributed by atoms with van der Waals surface area (Å²) < 4.78 is 4.33. The van der Waals surface area contributed by atoms with Gasteiger partial charge in [-0.05, 0) is 62.6 Å². The van der Waals surface area contributed by atoms with Crippen molar-refractivity contribution >= 4 is 44.1 Å². The van der Waals surface area contributed by atoms with E-state index in [1.165, 1.54) is 11.0 Å². The molecule has 4 aromatic carbocycles. The number of benzene rings is 4. The molecule has 0 aliphatic carbocycles. The molecule has 232 valence electrons. The molecule has 0 radical (unpaired) electrons. The van der Waals surface area contributed by atoms with Crippen LogP contribution in [-0.4, -0.2) is 62.9 Å². The molecule has 2 N–H and O–H groups in total. The molecule has 10 heteroatoms. The number of hydrogen-bond acceptors (Lipinski definition) is 6. The largest absolute Gasteiger partial charge is 0.341 e. The van der Waals surface area contributed by atoms with Gasteiger partial charge in [0.25, 0.3) is 0 Å². The van der Waals surface area contributed by atoms with Gasteiger partial charge in [0.15, 0.2) is 0 Å². The Hall–Kier alpha value is -5.32. The molecule has 0 atom stereocenters. The maximum absolute atomic E-state index is 4.75. The lowest BCUT2D eigenvalue weighted by atomic mass is 10.3. The number of aromatic nitrogens is 8. The molecule has 10 nitrogen and oxygen atoms in total. The Morgan fingerprint density at radius 3 is 1.26 bits per heavy atom. The van der Waals surface area contributed by atoms with Crippen LogP contribution in [0.2, 0.25) is 0 Å². The molecular formula is C36H38N10. The molecular weight excluding hydrogens is 572 g/mol. The van der Waals surface area contributed by atoms with Crippen molar-refractivity contribution in [3.63, 3.8) is 0 Å². The quantitative estimate of drug-likeness (QED) is 0.214. The van der Waals surface area contributed by atoms with Gasteiger partial charge in [0.05, 0.1) is 70.3 Å². The van der Waals surface area contributed by atoms with Gasteiger partial charge in [0.1, 0.15) is 23.3 Å². The molecule has 0 amide bonds. The summed E-state index contributed by atoms with van der Waals surface area (Å²) in [5.41, 5.74) is 8.61.